The van der Waals surface area contributed by atoms with Gasteiger partial charge >= 0.3 is 8.56 Å². The summed E-state index contributed by atoms with van der Waals surface area (Å²) in [7, 11) is -2.32. The van der Waals surface area contributed by atoms with Gasteiger partial charge in [-0.25, -0.2) is 0 Å². The number of nitriles is 1. The fourth-order valence-electron chi connectivity index (χ4n) is 1.63. The summed E-state index contributed by atoms with van der Waals surface area (Å²) in [5, 5.41) is 9.88. The molecule has 0 bridgehead atoms. The Morgan fingerprint density at radius 1 is 1.25 bits per heavy atom. The molecule has 16 heavy (non-hydrogen) atoms. The lowest BCUT2D eigenvalue weighted by atomic mass is 10.2. The summed E-state index contributed by atoms with van der Waals surface area (Å²) in [4.78, 5) is 0. The lowest BCUT2D eigenvalue weighted by molar-refractivity contribution is 0.202. The summed E-state index contributed by atoms with van der Waals surface area (Å²) < 4.78 is 11.5. The van der Waals surface area contributed by atoms with Crippen LogP contribution in [0.15, 0.2) is 24.3 Å². The van der Waals surface area contributed by atoms with E-state index >= 15 is 0 Å². The van der Waals surface area contributed by atoms with Gasteiger partial charge in [0, 0.05) is 13.2 Å². The minimum atomic E-state index is -2.32. The van der Waals surface area contributed by atoms with Crippen molar-refractivity contribution in [2.75, 3.05) is 13.2 Å². The topological polar surface area (TPSA) is 42.2 Å². The van der Waals surface area contributed by atoms with Crippen LogP contribution in [0, 0.1) is 11.3 Å². The Labute approximate surface area is 97.9 Å². The highest BCUT2D eigenvalue weighted by Gasteiger charge is 2.33. The van der Waals surface area contributed by atoms with E-state index in [1.165, 1.54) is 0 Å². The van der Waals surface area contributed by atoms with E-state index in [9.17, 15) is 0 Å². The fraction of sp³-hybridized carbons (Fsp3) is 0.417. The Morgan fingerprint density at radius 3 is 2.38 bits per heavy atom. The second-order valence-electron chi connectivity index (χ2n) is 3.50. The van der Waals surface area contributed by atoms with Crippen molar-refractivity contribution in [3.8, 4) is 6.07 Å². The van der Waals surface area contributed by atoms with Gasteiger partial charge in [0.05, 0.1) is 11.6 Å². The minimum Gasteiger partial charge on any atom is -0.391 e. The van der Waals surface area contributed by atoms with Crippen LogP contribution >= 0.6 is 0 Å². The van der Waals surface area contributed by atoms with Crippen LogP contribution in [0.4, 0.5) is 0 Å². The first kappa shape index (κ1) is 12.9. The lowest BCUT2D eigenvalue weighted by Gasteiger charge is -2.26. The molecule has 0 fully saturated rings. The molecule has 0 heterocycles. The molecule has 0 aliphatic rings. The average Bonchev–Trinajstić information content (AvgIpc) is 2.30. The molecular weight excluding hydrogens is 218 g/mol. The Balaban J connectivity index is 3.05. The zero-order chi connectivity index (χ0) is 12.0. The fourth-order valence-corrected chi connectivity index (χ4v) is 3.97. The van der Waals surface area contributed by atoms with E-state index in [4.69, 9.17) is 14.1 Å². The molecule has 0 aliphatic heterocycles. The molecule has 0 saturated heterocycles. The third-order valence-corrected chi connectivity index (χ3v) is 5.39. The van der Waals surface area contributed by atoms with Crippen LogP contribution in [0.1, 0.15) is 19.4 Å². The standard InChI is InChI=1S/C12H17NO2Si/c1-4-14-16(3,15-5-2)12-8-6-7-11(9-12)10-13/h6-9H,4-5H2,1-3H3. The van der Waals surface area contributed by atoms with Gasteiger partial charge in [0.2, 0.25) is 0 Å². The molecule has 0 N–H and O–H groups in total. The van der Waals surface area contributed by atoms with Gasteiger partial charge in [0.1, 0.15) is 0 Å². The van der Waals surface area contributed by atoms with Crippen LogP contribution in [0.5, 0.6) is 0 Å². The number of rotatable bonds is 5. The molecule has 0 unspecified atom stereocenters. The van der Waals surface area contributed by atoms with Gasteiger partial charge in [-0.05, 0) is 37.7 Å². The Morgan fingerprint density at radius 2 is 1.88 bits per heavy atom. The maximum absolute atomic E-state index is 8.87. The van der Waals surface area contributed by atoms with Crippen LogP contribution in [0.2, 0.25) is 6.55 Å². The molecular formula is C12H17NO2Si. The monoisotopic (exact) mass is 235 g/mol. The van der Waals surface area contributed by atoms with Crippen molar-refractivity contribution in [2.24, 2.45) is 0 Å². The highest BCUT2D eigenvalue weighted by Crippen LogP contribution is 2.09. The molecule has 0 atom stereocenters. The lowest BCUT2D eigenvalue weighted by Crippen LogP contribution is -2.51. The molecule has 4 heteroatoms. The Kier molecular flexibility index (Phi) is 4.68. The summed E-state index contributed by atoms with van der Waals surface area (Å²) in [5.41, 5.74) is 0.649. The summed E-state index contributed by atoms with van der Waals surface area (Å²) in [6, 6.07) is 9.62. The first-order valence-corrected chi connectivity index (χ1v) is 7.76. The molecule has 0 aliphatic carbocycles. The molecule has 86 valence electrons. The highest BCUT2D eigenvalue weighted by molar-refractivity contribution is 6.80. The average molecular weight is 235 g/mol. The molecule has 1 aromatic rings. The van der Waals surface area contributed by atoms with Crippen molar-refractivity contribution in [2.45, 2.75) is 20.4 Å². The van der Waals surface area contributed by atoms with E-state index in [0.29, 0.717) is 18.8 Å². The van der Waals surface area contributed by atoms with E-state index in [0.717, 1.165) is 5.19 Å². The van der Waals surface area contributed by atoms with Crippen LogP contribution < -0.4 is 5.19 Å². The number of hydrogen-bond donors (Lipinski definition) is 0. The summed E-state index contributed by atoms with van der Waals surface area (Å²) in [6.45, 7) is 7.17. The zero-order valence-electron chi connectivity index (χ0n) is 9.99. The molecule has 0 saturated carbocycles. The van der Waals surface area contributed by atoms with E-state index in [1.54, 1.807) is 6.07 Å². The van der Waals surface area contributed by atoms with E-state index in [2.05, 4.69) is 6.07 Å². The normalized spacial score (nSPS) is 11.1. The third-order valence-electron chi connectivity index (χ3n) is 2.36. The third kappa shape index (κ3) is 2.92. The van der Waals surface area contributed by atoms with Crippen LogP contribution in [-0.4, -0.2) is 21.8 Å². The number of hydrogen-bond acceptors (Lipinski definition) is 3. The zero-order valence-corrected chi connectivity index (χ0v) is 11.0. The summed E-state index contributed by atoms with van der Waals surface area (Å²) in [6.07, 6.45) is 0. The smallest absolute Gasteiger partial charge is 0.369 e. The maximum atomic E-state index is 8.87. The van der Waals surface area contributed by atoms with Crippen molar-refractivity contribution in [3.63, 3.8) is 0 Å². The first-order chi connectivity index (χ1) is 7.66. The SMILES string of the molecule is CCO[Si](C)(OCC)c1cccc(C#N)c1. The highest BCUT2D eigenvalue weighted by atomic mass is 28.4. The molecule has 0 aromatic heterocycles. The minimum absolute atomic E-state index is 0.625. The van der Waals surface area contributed by atoms with Gasteiger partial charge in [-0.15, -0.1) is 0 Å². The molecule has 1 aromatic carbocycles. The van der Waals surface area contributed by atoms with Crippen molar-refractivity contribution < 1.29 is 8.85 Å². The van der Waals surface area contributed by atoms with Crippen molar-refractivity contribution in [3.05, 3.63) is 29.8 Å². The van der Waals surface area contributed by atoms with Gasteiger partial charge in [-0.1, -0.05) is 12.1 Å². The van der Waals surface area contributed by atoms with Crippen molar-refractivity contribution in [1.29, 1.82) is 5.26 Å². The van der Waals surface area contributed by atoms with Gasteiger partial charge in [-0.3, -0.25) is 0 Å². The van der Waals surface area contributed by atoms with E-state index in [1.807, 2.05) is 38.6 Å². The Hall–Kier alpha value is -1.15. The Bertz CT molecular complexity index is 381. The van der Waals surface area contributed by atoms with Crippen molar-refractivity contribution in [1.82, 2.24) is 0 Å². The molecule has 0 amide bonds. The van der Waals surface area contributed by atoms with Crippen LogP contribution in [0.25, 0.3) is 0 Å². The van der Waals surface area contributed by atoms with E-state index < -0.39 is 8.56 Å². The predicted octanol–water partition coefficient (Wildman–Crippen LogP) is 1.91. The second-order valence-corrected chi connectivity index (χ2v) is 6.55. The quantitative estimate of drug-likeness (QED) is 0.732. The molecule has 0 radical (unpaired) electrons. The van der Waals surface area contributed by atoms with Gasteiger partial charge in [0.25, 0.3) is 0 Å². The molecule has 1 rings (SSSR count). The predicted molar refractivity (Wildman–Crippen MR) is 65.7 cm³/mol. The van der Waals surface area contributed by atoms with Gasteiger partial charge in [0.15, 0.2) is 0 Å². The largest absolute Gasteiger partial charge is 0.391 e. The van der Waals surface area contributed by atoms with Gasteiger partial charge < -0.3 is 8.85 Å². The summed E-state index contributed by atoms with van der Waals surface area (Å²) >= 11 is 0. The van der Waals surface area contributed by atoms with E-state index in [-0.39, 0.29) is 0 Å². The maximum Gasteiger partial charge on any atom is 0.369 e. The molecule has 3 nitrogen and oxygen atoms in total. The number of benzene rings is 1. The first-order valence-electron chi connectivity index (χ1n) is 5.44. The van der Waals surface area contributed by atoms with Crippen molar-refractivity contribution >= 4 is 13.7 Å². The molecule has 0 spiro atoms. The second kappa shape index (κ2) is 5.80. The van der Waals surface area contributed by atoms with Gasteiger partial charge in [-0.2, -0.15) is 5.26 Å². The van der Waals surface area contributed by atoms with Crippen LogP contribution in [0.3, 0.4) is 0 Å². The summed E-state index contributed by atoms with van der Waals surface area (Å²) in [5.74, 6) is 0. The number of nitrogens with zero attached hydrogens (tertiary/aromatic N) is 1. The van der Waals surface area contributed by atoms with Crippen LogP contribution in [-0.2, 0) is 8.85 Å².